The van der Waals surface area contributed by atoms with E-state index >= 15 is 0 Å². The van der Waals surface area contributed by atoms with E-state index in [2.05, 4.69) is 10.3 Å². The van der Waals surface area contributed by atoms with Gasteiger partial charge in [0.1, 0.15) is 16.6 Å². The molecule has 0 atom stereocenters. The number of rotatable bonds is 4. The summed E-state index contributed by atoms with van der Waals surface area (Å²) < 4.78 is 18.6. The Labute approximate surface area is 116 Å². The van der Waals surface area contributed by atoms with E-state index in [1.54, 1.807) is 25.3 Å². The summed E-state index contributed by atoms with van der Waals surface area (Å²) in [6, 6.07) is 6.09. The van der Waals surface area contributed by atoms with Gasteiger partial charge in [-0.1, -0.05) is 11.6 Å². The molecule has 0 aliphatic rings. The minimum Gasteiger partial charge on any atom is -0.437 e. The van der Waals surface area contributed by atoms with Crippen molar-refractivity contribution >= 4 is 11.6 Å². The van der Waals surface area contributed by atoms with Crippen molar-refractivity contribution in [2.75, 3.05) is 7.05 Å². The van der Waals surface area contributed by atoms with E-state index in [0.717, 1.165) is 5.56 Å². The van der Waals surface area contributed by atoms with Crippen molar-refractivity contribution in [2.24, 2.45) is 0 Å². The molecule has 0 fully saturated rings. The third-order valence-corrected chi connectivity index (χ3v) is 2.86. The topological polar surface area (TPSA) is 34.2 Å². The quantitative estimate of drug-likeness (QED) is 0.927. The first-order chi connectivity index (χ1) is 9.10. The van der Waals surface area contributed by atoms with Gasteiger partial charge in [-0.3, -0.25) is 0 Å². The SMILES string of the molecule is CNCc1cnc(Oc2ccc(F)cc2C)c(Cl)c1. The molecule has 0 spiro atoms. The summed E-state index contributed by atoms with van der Waals surface area (Å²) in [5.74, 6) is 0.557. The number of ether oxygens (including phenoxy) is 1. The second-order valence-corrected chi connectivity index (χ2v) is 4.58. The molecule has 1 aromatic heterocycles. The Hall–Kier alpha value is -1.65. The average molecular weight is 281 g/mol. The van der Waals surface area contributed by atoms with E-state index in [9.17, 15) is 4.39 Å². The van der Waals surface area contributed by atoms with Crippen LogP contribution in [0.3, 0.4) is 0 Å². The van der Waals surface area contributed by atoms with Crippen LogP contribution in [0.15, 0.2) is 30.5 Å². The molecule has 0 bridgehead atoms. The van der Waals surface area contributed by atoms with E-state index in [1.807, 2.05) is 7.05 Å². The first kappa shape index (κ1) is 13.8. The first-order valence-corrected chi connectivity index (χ1v) is 6.21. The highest BCUT2D eigenvalue weighted by Crippen LogP contribution is 2.29. The van der Waals surface area contributed by atoms with Crippen molar-refractivity contribution in [2.45, 2.75) is 13.5 Å². The van der Waals surface area contributed by atoms with Crippen LogP contribution >= 0.6 is 11.6 Å². The number of hydrogen-bond donors (Lipinski definition) is 1. The van der Waals surface area contributed by atoms with Crippen molar-refractivity contribution in [3.8, 4) is 11.6 Å². The van der Waals surface area contributed by atoms with E-state index in [4.69, 9.17) is 16.3 Å². The Morgan fingerprint density at radius 1 is 1.37 bits per heavy atom. The summed E-state index contributed by atoms with van der Waals surface area (Å²) in [6.45, 7) is 2.45. The third-order valence-electron chi connectivity index (χ3n) is 2.59. The molecule has 0 amide bonds. The molecule has 1 heterocycles. The van der Waals surface area contributed by atoms with E-state index < -0.39 is 0 Å². The lowest BCUT2D eigenvalue weighted by Crippen LogP contribution is -2.05. The highest BCUT2D eigenvalue weighted by atomic mass is 35.5. The summed E-state index contributed by atoms with van der Waals surface area (Å²) in [5.41, 5.74) is 1.66. The molecular weight excluding hydrogens is 267 g/mol. The molecule has 0 saturated carbocycles. The smallest absolute Gasteiger partial charge is 0.238 e. The third kappa shape index (κ3) is 3.43. The van der Waals surface area contributed by atoms with Gasteiger partial charge in [-0.05, 0) is 49.4 Å². The lowest BCUT2D eigenvalue weighted by Gasteiger charge is -2.10. The number of aromatic nitrogens is 1. The fourth-order valence-electron chi connectivity index (χ4n) is 1.67. The van der Waals surface area contributed by atoms with E-state index in [0.29, 0.717) is 28.8 Å². The van der Waals surface area contributed by atoms with Gasteiger partial charge in [-0.25, -0.2) is 9.37 Å². The summed E-state index contributed by atoms with van der Waals surface area (Å²) in [4.78, 5) is 4.17. The lowest BCUT2D eigenvalue weighted by atomic mass is 10.2. The predicted octanol–water partition coefficient (Wildman–Crippen LogP) is 3.69. The van der Waals surface area contributed by atoms with Crippen molar-refractivity contribution < 1.29 is 9.13 Å². The minimum absolute atomic E-state index is 0.298. The van der Waals surface area contributed by atoms with Gasteiger partial charge in [-0.15, -0.1) is 0 Å². The van der Waals surface area contributed by atoms with Gasteiger partial charge in [0.2, 0.25) is 5.88 Å². The number of halogens is 2. The van der Waals surface area contributed by atoms with Crippen molar-refractivity contribution in [1.82, 2.24) is 10.3 Å². The molecule has 0 unspecified atom stereocenters. The molecule has 0 aliphatic heterocycles. The summed E-state index contributed by atoms with van der Waals surface area (Å²) in [7, 11) is 1.85. The largest absolute Gasteiger partial charge is 0.437 e. The molecule has 19 heavy (non-hydrogen) atoms. The molecule has 1 aromatic carbocycles. The molecule has 5 heteroatoms. The van der Waals surface area contributed by atoms with Gasteiger partial charge in [0.05, 0.1) is 0 Å². The zero-order valence-electron chi connectivity index (χ0n) is 10.7. The maximum atomic E-state index is 13.0. The van der Waals surface area contributed by atoms with Crippen LogP contribution in [0.4, 0.5) is 4.39 Å². The predicted molar refractivity (Wildman–Crippen MR) is 73.2 cm³/mol. The minimum atomic E-state index is -0.298. The summed E-state index contributed by atoms with van der Waals surface area (Å²) >= 11 is 6.11. The van der Waals surface area contributed by atoms with Crippen LogP contribution in [0.1, 0.15) is 11.1 Å². The Kier molecular flexibility index (Phi) is 4.35. The number of nitrogens with one attached hydrogen (secondary N) is 1. The number of benzene rings is 1. The number of aryl methyl sites for hydroxylation is 1. The zero-order chi connectivity index (χ0) is 13.8. The molecule has 0 radical (unpaired) electrons. The van der Waals surface area contributed by atoms with Gasteiger partial charge in [-0.2, -0.15) is 0 Å². The van der Waals surface area contributed by atoms with Crippen LogP contribution in [-0.2, 0) is 6.54 Å². The zero-order valence-corrected chi connectivity index (χ0v) is 11.5. The highest BCUT2D eigenvalue weighted by Gasteiger charge is 2.08. The monoisotopic (exact) mass is 280 g/mol. The van der Waals surface area contributed by atoms with Gasteiger partial charge in [0, 0.05) is 12.7 Å². The number of hydrogen-bond acceptors (Lipinski definition) is 3. The molecular formula is C14H14ClFN2O. The molecule has 2 aromatic rings. The van der Waals surface area contributed by atoms with Crippen LogP contribution < -0.4 is 10.1 Å². The first-order valence-electron chi connectivity index (χ1n) is 5.83. The maximum Gasteiger partial charge on any atom is 0.238 e. The second-order valence-electron chi connectivity index (χ2n) is 4.17. The van der Waals surface area contributed by atoms with Gasteiger partial charge < -0.3 is 10.1 Å². The summed E-state index contributed by atoms with van der Waals surface area (Å²) in [6.07, 6.45) is 1.69. The van der Waals surface area contributed by atoms with Gasteiger partial charge >= 0.3 is 0 Å². The lowest BCUT2D eigenvalue weighted by molar-refractivity contribution is 0.457. The highest BCUT2D eigenvalue weighted by molar-refractivity contribution is 6.31. The Bertz CT molecular complexity index is 590. The normalized spacial score (nSPS) is 10.5. The van der Waals surface area contributed by atoms with Crippen LogP contribution in [0.5, 0.6) is 11.6 Å². The average Bonchev–Trinajstić information content (AvgIpc) is 2.36. The van der Waals surface area contributed by atoms with Crippen molar-refractivity contribution in [3.05, 3.63) is 52.4 Å². The fraction of sp³-hybridized carbons (Fsp3) is 0.214. The molecule has 1 N–H and O–H groups in total. The molecule has 3 nitrogen and oxygen atoms in total. The molecule has 2 rings (SSSR count). The van der Waals surface area contributed by atoms with Crippen molar-refractivity contribution in [1.29, 1.82) is 0 Å². The van der Waals surface area contributed by atoms with E-state index in [-0.39, 0.29) is 5.82 Å². The van der Waals surface area contributed by atoms with Crippen LogP contribution in [0, 0.1) is 12.7 Å². The second kappa shape index (κ2) is 5.99. The van der Waals surface area contributed by atoms with Gasteiger partial charge in [0.15, 0.2) is 0 Å². The number of pyridine rings is 1. The van der Waals surface area contributed by atoms with Crippen molar-refractivity contribution in [3.63, 3.8) is 0 Å². The Morgan fingerprint density at radius 2 is 2.16 bits per heavy atom. The van der Waals surface area contributed by atoms with E-state index in [1.165, 1.54) is 12.1 Å². The molecule has 0 saturated heterocycles. The molecule has 100 valence electrons. The maximum absolute atomic E-state index is 13.0. The summed E-state index contributed by atoms with van der Waals surface area (Å²) in [5, 5.41) is 3.44. The van der Waals surface area contributed by atoms with Crippen LogP contribution in [-0.4, -0.2) is 12.0 Å². The fourth-order valence-corrected chi connectivity index (χ4v) is 1.90. The standard InChI is InChI=1S/C14H14ClFN2O/c1-9-5-11(16)3-4-13(9)19-14-12(15)6-10(7-17-2)8-18-14/h3-6,8,17H,7H2,1-2H3. The number of nitrogens with zero attached hydrogens (tertiary/aromatic N) is 1. The molecule has 0 aliphatic carbocycles. The van der Waals surface area contributed by atoms with Crippen LogP contribution in [0.2, 0.25) is 5.02 Å². The Morgan fingerprint density at radius 3 is 2.79 bits per heavy atom. The van der Waals surface area contributed by atoms with Crippen LogP contribution in [0.25, 0.3) is 0 Å². The Balaban J connectivity index is 2.23. The van der Waals surface area contributed by atoms with Gasteiger partial charge in [0.25, 0.3) is 0 Å².